The first-order chi connectivity index (χ1) is 20.2. The molecule has 43 heavy (non-hydrogen) atoms. The van der Waals surface area contributed by atoms with Crippen molar-refractivity contribution in [1.29, 1.82) is 0 Å². The van der Waals surface area contributed by atoms with Crippen LogP contribution >= 0.6 is 0 Å². The highest BCUT2D eigenvalue weighted by Gasteiger charge is 2.48. The van der Waals surface area contributed by atoms with Crippen LogP contribution in [0.5, 0.6) is 5.75 Å². The first kappa shape index (κ1) is 31.1. The summed E-state index contributed by atoms with van der Waals surface area (Å²) in [7, 11) is -0.744. The van der Waals surface area contributed by atoms with E-state index in [2.05, 4.69) is 38.8 Å². The minimum atomic E-state index is -2.34. The van der Waals surface area contributed by atoms with Gasteiger partial charge in [-0.25, -0.2) is 18.2 Å². The number of piperidine rings is 2. The molecular weight excluding hydrogens is 571 g/mol. The molecule has 230 valence electrons. The molecule has 2 aliphatic rings. The summed E-state index contributed by atoms with van der Waals surface area (Å²) in [4.78, 5) is 20.3. The molecule has 1 amide bonds. The van der Waals surface area contributed by atoms with E-state index in [4.69, 9.17) is 9.16 Å². The van der Waals surface area contributed by atoms with Crippen LogP contribution in [-0.2, 0) is 9.22 Å². The molecule has 0 N–H and O–H groups in total. The van der Waals surface area contributed by atoms with Crippen molar-refractivity contribution in [1.82, 2.24) is 14.5 Å². The van der Waals surface area contributed by atoms with Crippen LogP contribution in [0, 0.1) is 24.4 Å². The Balaban J connectivity index is 1.53. The number of hydrogen-bond donors (Lipinski definition) is 0. The van der Waals surface area contributed by atoms with Crippen LogP contribution in [-0.4, -0.2) is 47.9 Å². The molecule has 10 heteroatoms. The monoisotopic (exact) mass is 611 g/mol. The maximum absolute atomic E-state index is 14.6. The molecule has 0 unspecified atom stereocenters. The number of fused-ring (bicyclic) bond motifs is 1. The summed E-state index contributed by atoms with van der Waals surface area (Å²) in [6, 6.07) is 6.86. The standard InChI is InChI=1S/C33H40F3N3O3Si/c1-20-18-38(19-37-20)27-12-8-21(15-29(27)41-5)14-22-9-10-24-11-13-28(42-43(6,7)33(2,3)4)31(39(24)32(22)40)23-16-25(34)30(36)26(35)17-23/h8,12,14-19,24,28,31H,9-11,13H2,1-7H3/b22-14+/t24-,28+,31-/m1/s1. The van der Waals surface area contributed by atoms with Gasteiger partial charge in [0.2, 0.25) is 0 Å². The molecule has 0 spiro atoms. The second-order valence-electron chi connectivity index (χ2n) is 13.2. The molecule has 2 fully saturated rings. The highest BCUT2D eigenvalue weighted by molar-refractivity contribution is 6.74. The van der Waals surface area contributed by atoms with Crippen molar-refractivity contribution in [2.24, 2.45) is 0 Å². The molecule has 0 radical (unpaired) electrons. The van der Waals surface area contributed by atoms with Gasteiger partial charge in [0.05, 0.1) is 37.0 Å². The van der Waals surface area contributed by atoms with E-state index in [1.807, 2.05) is 42.0 Å². The molecule has 6 nitrogen and oxygen atoms in total. The first-order valence-electron chi connectivity index (χ1n) is 14.7. The molecule has 1 aromatic heterocycles. The van der Waals surface area contributed by atoms with Crippen molar-refractivity contribution in [2.45, 2.75) is 89.7 Å². The van der Waals surface area contributed by atoms with Crippen molar-refractivity contribution in [3.05, 3.63) is 82.7 Å². The Bertz CT molecular complexity index is 1540. The van der Waals surface area contributed by atoms with Crippen LogP contribution in [0.2, 0.25) is 18.1 Å². The smallest absolute Gasteiger partial charge is 0.250 e. The number of ether oxygens (including phenoxy) is 1. The third-order valence-electron chi connectivity index (χ3n) is 9.22. The summed E-state index contributed by atoms with van der Waals surface area (Å²) in [5, 5.41) is -0.120. The molecule has 2 saturated heterocycles. The normalized spacial score (nSPS) is 22.2. The van der Waals surface area contributed by atoms with Crippen molar-refractivity contribution < 1.29 is 27.1 Å². The summed E-state index contributed by atoms with van der Waals surface area (Å²) in [6.45, 7) is 12.5. The largest absolute Gasteiger partial charge is 0.495 e. The molecule has 0 aliphatic carbocycles. The fourth-order valence-electron chi connectivity index (χ4n) is 5.92. The maximum atomic E-state index is 14.6. The zero-order valence-corrected chi connectivity index (χ0v) is 26.9. The van der Waals surface area contributed by atoms with Crippen LogP contribution in [0.1, 0.15) is 69.3 Å². The predicted molar refractivity (Wildman–Crippen MR) is 163 cm³/mol. The number of halogens is 3. The first-order valence-corrected chi connectivity index (χ1v) is 17.7. The number of hydrogen-bond acceptors (Lipinski definition) is 4. The van der Waals surface area contributed by atoms with Gasteiger partial charge in [-0.2, -0.15) is 0 Å². The SMILES string of the molecule is COc1cc(/C=C2\CC[C@@H]3CC[C@H](O[Si](C)(C)C(C)(C)C)[C@@H](c4cc(F)c(F)c(F)c4)N3C2=O)ccc1-n1cnc(C)c1. The van der Waals surface area contributed by atoms with Gasteiger partial charge in [-0.05, 0) is 92.2 Å². The number of aromatic nitrogens is 2. The lowest BCUT2D eigenvalue weighted by molar-refractivity contribution is -0.141. The number of amides is 1. The van der Waals surface area contributed by atoms with E-state index in [9.17, 15) is 18.0 Å². The number of nitrogens with zero attached hydrogens (tertiary/aromatic N) is 3. The van der Waals surface area contributed by atoms with Crippen molar-refractivity contribution in [3.8, 4) is 11.4 Å². The van der Waals surface area contributed by atoms with E-state index in [-0.39, 0.29) is 22.6 Å². The van der Waals surface area contributed by atoms with Gasteiger partial charge in [0.15, 0.2) is 25.8 Å². The summed E-state index contributed by atoms with van der Waals surface area (Å²) < 4.78 is 57.6. The van der Waals surface area contributed by atoms with Crippen molar-refractivity contribution in [2.75, 3.05) is 7.11 Å². The Morgan fingerprint density at radius 2 is 1.74 bits per heavy atom. The molecule has 2 aliphatic heterocycles. The Hall–Kier alpha value is -3.37. The molecule has 5 rings (SSSR count). The van der Waals surface area contributed by atoms with E-state index in [0.29, 0.717) is 37.0 Å². The van der Waals surface area contributed by atoms with Crippen LogP contribution in [0.3, 0.4) is 0 Å². The topological polar surface area (TPSA) is 56.6 Å². The molecular formula is C33H40F3N3O3Si. The summed E-state index contributed by atoms with van der Waals surface area (Å²) in [5.41, 5.74) is 3.29. The van der Waals surface area contributed by atoms with Crippen LogP contribution in [0.15, 0.2) is 48.4 Å². The van der Waals surface area contributed by atoms with E-state index in [0.717, 1.165) is 29.1 Å². The number of imidazole rings is 1. The predicted octanol–water partition coefficient (Wildman–Crippen LogP) is 7.91. The van der Waals surface area contributed by atoms with Crippen LogP contribution < -0.4 is 4.74 Å². The lowest BCUT2D eigenvalue weighted by atomic mass is 9.82. The summed E-state index contributed by atoms with van der Waals surface area (Å²) in [5.74, 6) is -3.65. The number of methoxy groups -OCH3 is 1. The van der Waals surface area contributed by atoms with Gasteiger partial charge in [-0.15, -0.1) is 0 Å². The highest BCUT2D eigenvalue weighted by atomic mass is 28.4. The molecule has 3 atom stereocenters. The second kappa shape index (κ2) is 11.6. The minimum Gasteiger partial charge on any atom is -0.495 e. The lowest BCUT2D eigenvalue weighted by Gasteiger charge is -2.51. The zero-order chi connectivity index (χ0) is 31.3. The Morgan fingerprint density at radius 1 is 1.05 bits per heavy atom. The zero-order valence-electron chi connectivity index (χ0n) is 25.9. The molecule has 0 bridgehead atoms. The number of carbonyl (C=O) groups excluding carboxylic acids is 1. The fraction of sp³-hybridized carbons (Fsp3) is 0.455. The number of rotatable bonds is 6. The van der Waals surface area contributed by atoms with Gasteiger partial charge in [0, 0.05) is 17.8 Å². The number of carbonyl (C=O) groups is 1. The molecule has 3 aromatic rings. The Kier molecular flexibility index (Phi) is 8.39. The van der Waals surface area contributed by atoms with Crippen LogP contribution in [0.25, 0.3) is 11.8 Å². The molecule has 2 aromatic carbocycles. The van der Waals surface area contributed by atoms with Gasteiger partial charge in [-0.1, -0.05) is 26.8 Å². The molecule has 0 saturated carbocycles. The lowest BCUT2D eigenvalue weighted by Crippen LogP contribution is -2.56. The van der Waals surface area contributed by atoms with E-state index in [1.54, 1.807) is 18.3 Å². The van der Waals surface area contributed by atoms with E-state index in [1.165, 1.54) is 0 Å². The van der Waals surface area contributed by atoms with Gasteiger partial charge in [0.1, 0.15) is 5.75 Å². The number of benzene rings is 2. The molecule has 3 heterocycles. The quantitative estimate of drug-likeness (QED) is 0.162. The number of aryl methyl sites for hydroxylation is 1. The van der Waals surface area contributed by atoms with Gasteiger partial charge < -0.3 is 18.6 Å². The van der Waals surface area contributed by atoms with E-state index >= 15 is 0 Å². The highest BCUT2D eigenvalue weighted by Crippen LogP contribution is 2.46. The third kappa shape index (κ3) is 6.04. The van der Waals surface area contributed by atoms with Gasteiger partial charge in [-0.3, -0.25) is 4.79 Å². The summed E-state index contributed by atoms with van der Waals surface area (Å²) in [6.07, 6.45) is 7.62. The van der Waals surface area contributed by atoms with Crippen LogP contribution in [0.4, 0.5) is 13.2 Å². The van der Waals surface area contributed by atoms with Gasteiger partial charge in [0.25, 0.3) is 5.91 Å². The Morgan fingerprint density at radius 3 is 2.35 bits per heavy atom. The summed E-state index contributed by atoms with van der Waals surface area (Å²) >= 11 is 0. The average Bonchev–Trinajstić information content (AvgIpc) is 3.38. The van der Waals surface area contributed by atoms with Gasteiger partial charge >= 0.3 is 0 Å². The third-order valence-corrected chi connectivity index (χ3v) is 13.7. The Labute approximate surface area is 252 Å². The second-order valence-corrected chi connectivity index (χ2v) is 17.9. The minimum absolute atomic E-state index is 0.119. The fourth-order valence-corrected chi connectivity index (χ4v) is 7.27. The van der Waals surface area contributed by atoms with Crippen molar-refractivity contribution >= 4 is 20.3 Å². The maximum Gasteiger partial charge on any atom is 0.250 e. The van der Waals surface area contributed by atoms with E-state index < -0.39 is 37.9 Å². The average molecular weight is 612 g/mol. The van der Waals surface area contributed by atoms with Crippen molar-refractivity contribution in [3.63, 3.8) is 0 Å².